The minimum Gasteiger partial charge on any atom is -0.493 e. The summed E-state index contributed by atoms with van der Waals surface area (Å²) in [4.78, 5) is 40.6. The molecule has 2 heterocycles. The maximum Gasteiger partial charge on any atom is 0.329 e. The van der Waals surface area contributed by atoms with Gasteiger partial charge in [-0.15, -0.1) is 0 Å². The summed E-state index contributed by atoms with van der Waals surface area (Å²) >= 11 is 0. The number of carbonyl (C=O) groups excluding carboxylic acids is 3. The summed E-state index contributed by atoms with van der Waals surface area (Å²) in [6.45, 7) is 10.1. The predicted molar refractivity (Wildman–Crippen MR) is 159 cm³/mol. The average molecular weight is 599 g/mol. The van der Waals surface area contributed by atoms with Gasteiger partial charge in [0.2, 0.25) is 5.91 Å². The van der Waals surface area contributed by atoms with E-state index in [9.17, 15) is 19.5 Å². The maximum atomic E-state index is 13.1. The fourth-order valence-electron chi connectivity index (χ4n) is 7.49. The highest BCUT2D eigenvalue weighted by Gasteiger charge is 2.72. The van der Waals surface area contributed by atoms with E-state index in [4.69, 9.17) is 18.9 Å². The van der Waals surface area contributed by atoms with Gasteiger partial charge in [0.15, 0.2) is 17.6 Å². The predicted octanol–water partition coefficient (Wildman–Crippen LogP) is 3.56. The number of ether oxygens (including phenoxy) is 4. The van der Waals surface area contributed by atoms with Crippen molar-refractivity contribution in [2.24, 2.45) is 5.92 Å². The highest BCUT2D eigenvalue weighted by molar-refractivity contribution is 5.85. The van der Waals surface area contributed by atoms with E-state index in [1.165, 1.54) is 0 Å². The van der Waals surface area contributed by atoms with Gasteiger partial charge in [0.05, 0.1) is 18.1 Å². The third-order valence-corrected chi connectivity index (χ3v) is 9.31. The summed E-state index contributed by atoms with van der Waals surface area (Å²) in [5, 5.41) is 15.1. The molecule has 1 amide bonds. The van der Waals surface area contributed by atoms with Gasteiger partial charge in [0.1, 0.15) is 17.4 Å². The van der Waals surface area contributed by atoms with Crippen LogP contribution in [0.15, 0.2) is 24.0 Å². The smallest absolute Gasteiger partial charge is 0.329 e. The van der Waals surface area contributed by atoms with Crippen molar-refractivity contribution in [3.05, 3.63) is 35.1 Å². The molecule has 10 heteroatoms. The second-order valence-electron chi connectivity index (χ2n) is 13.9. The topological polar surface area (TPSA) is 124 Å². The van der Waals surface area contributed by atoms with Crippen molar-refractivity contribution in [2.75, 3.05) is 20.7 Å². The number of carbonyl (C=O) groups is 3. The third-order valence-electron chi connectivity index (χ3n) is 9.31. The second kappa shape index (κ2) is 11.4. The van der Waals surface area contributed by atoms with E-state index >= 15 is 0 Å². The molecule has 1 saturated heterocycles. The van der Waals surface area contributed by atoms with E-state index in [2.05, 4.69) is 16.3 Å². The van der Waals surface area contributed by atoms with Crippen LogP contribution in [-0.4, -0.2) is 77.9 Å². The molecule has 0 saturated carbocycles. The monoisotopic (exact) mass is 598 g/mol. The SMILES string of the molecule is COc1ccc2c3c1O[C@H]1C(OC(=O)CCCC(=O)N[C@@H](CC(C)C)C(=O)OC(C)(C)C)=CC[C@@]4(O)[C@@H](C2)N(C)CC[C@]314. The molecule has 2 aliphatic carbocycles. The fourth-order valence-corrected chi connectivity index (χ4v) is 7.49. The molecule has 4 aliphatic rings. The number of aliphatic hydroxyl groups is 1. The van der Waals surface area contributed by atoms with Crippen molar-refractivity contribution >= 4 is 17.8 Å². The van der Waals surface area contributed by atoms with Gasteiger partial charge in [-0.25, -0.2) is 4.79 Å². The highest BCUT2D eigenvalue weighted by atomic mass is 16.6. The normalized spacial score (nSPS) is 27.9. The Morgan fingerprint density at radius 1 is 1.21 bits per heavy atom. The number of benzene rings is 1. The van der Waals surface area contributed by atoms with Crippen LogP contribution in [0.2, 0.25) is 0 Å². The molecule has 1 spiro atoms. The van der Waals surface area contributed by atoms with Crippen LogP contribution in [-0.2, 0) is 35.7 Å². The molecule has 1 aromatic carbocycles. The number of amides is 1. The fraction of sp³-hybridized carbons (Fsp3) is 0.667. The van der Waals surface area contributed by atoms with E-state index in [0.29, 0.717) is 42.9 Å². The first-order valence-electron chi connectivity index (χ1n) is 15.4. The van der Waals surface area contributed by atoms with Crippen molar-refractivity contribution in [1.29, 1.82) is 0 Å². The zero-order valence-corrected chi connectivity index (χ0v) is 26.5. The molecule has 0 radical (unpaired) electrons. The lowest BCUT2D eigenvalue weighted by Gasteiger charge is -2.61. The van der Waals surface area contributed by atoms with Gasteiger partial charge in [0.25, 0.3) is 0 Å². The van der Waals surface area contributed by atoms with Gasteiger partial charge < -0.3 is 34.3 Å². The van der Waals surface area contributed by atoms with Crippen LogP contribution in [0.5, 0.6) is 11.5 Å². The molecule has 5 rings (SSSR count). The summed E-state index contributed by atoms with van der Waals surface area (Å²) in [6, 6.07) is 3.12. The van der Waals surface area contributed by atoms with Crippen molar-refractivity contribution in [3.8, 4) is 11.5 Å². The van der Waals surface area contributed by atoms with E-state index in [1.54, 1.807) is 34.0 Å². The number of rotatable bonds is 10. The number of likely N-dealkylation sites (N-methyl/N-ethyl adjacent to an activating group) is 1. The average Bonchev–Trinajstić information content (AvgIpc) is 3.26. The molecule has 1 fully saturated rings. The first-order chi connectivity index (χ1) is 20.2. The zero-order chi connectivity index (χ0) is 31.3. The van der Waals surface area contributed by atoms with Crippen molar-refractivity contribution in [1.82, 2.24) is 10.2 Å². The van der Waals surface area contributed by atoms with E-state index in [-0.39, 0.29) is 37.1 Å². The lowest BCUT2D eigenvalue weighted by molar-refractivity contribution is -0.169. The van der Waals surface area contributed by atoms with Crippen LogP contribution in [0.3, 0.4) is 0 Å². The Bertz CT molecular complexity index is 1320. The lowest BCUT2D eigenvalue weighted by atomic mass is 9.50. The van der Waals surface area contributed by atoms with Crippen LogP contribution >= 0.6 is 0 Å². The number of likely N-dealkylation sites (tertiary alicyclic amines) is 1. The molecular weight excluding hydrogens is 552 g/mol. The minimum atomic E-state index is -1.08. The largest absolute Gasteiger partial charge is 0.493 e. The third kappa shape index (κ3) is 5.52. The molecule has 236 valence electrons. The van der Waals surface area contributed by atoms with Gasteiger partial charge in [0, 0.05) is 30.9 Å². The van der Waals surface area contributed by atoms with E-state index < -0.39 is 40.7 Å². The van der Waals surface area contributed by atoms with Crippen LogP contribution in [0.4, 0.5) is 0 Å². The van der Waals surface area contributed by atoms with Crippen molar-refractivity contribution in [3.63, 3.8) is 0 Å². The second-order valence-corrected chi connectivity index (χ2v) is 13.9. The summed E-state index contributed by atoms with van der Waals surface area (Å²) in [7, 11) is 3.64. The summed E-state index contributed by atoms with van der Waals surface area (Å²) in [5.74, 6) is 0.536. The molecule has 0 aromatic heterocycles. The maximum absolute atomic E-state index is 13.1. The summed E-state index contributed by atoms with van der Waals surface area (Å²) < 4.78 is 23.6. The number of hydrogen-bond acceptors (Lipinski definition) is 9. The van der Waals surface area contributed by atoms with Gasteiger partial charge in [-0.3, -0.25) is 9.59 Å². The first-order valence-corrected chi connectivity index (χ1v) is 15.4. The standard InChI is InChI=1S/C33H46N2O8/c1-19(2)17-21(30(38)43-31(3,4)5)34-25(36)9-8-10-26(37)41-23-13-14-33(39)24-18-20-11-12-22(40-7)28-27(20)32(33,29(23)42-28)15-16-35(24)6/h11-13,19,21,24,29,39H,8-10,14-18H2,1-7H3,(H,34,36)/t21-,24+,29-,32-,33+/m0/s1. The molecular formula is C33H46N2O8. The molecule has 0 unspecified atom stereocenters. The van der Waals surface area contributed by atoms with Crippen molar-refractivity contribution < 1.29 is 38.4 Å². The first kappa shape index (κ1) is 31.3. The number of methoxy groups -OCH3 is 1. The molecule has 2 bridgehead atoms. The molecule has 1 aromatic rings. The minimum absolute atomic E-state index is 0.0168. The lowest BCUT2D eigenvalue weighted by Crippen LogP contribution is -2.74. The Morgan fingerprint density at radius 3 is 2.63 bits per heavy atom. The van der Waals surface area contributed by atoms with Gasteiger partial charge in [-0.2, -0.15) is 0 Å². The number of piperidine rings is 1. The molecule has 5 atom stereocenters. The van der Waals surface area contributed by atoms with Crippen LogP contribution in [0.1, 0.15) is 84.3 Å². The van der Waals surface area contributed by atoms with E-state index in [0.717, 1.165) is 17.7 Å². The zero-order valence-electron chi connectivity index (χ0n) is 26.5. The Balaban J connectivity index is 1.25. The molecule has 2 aliphatic heterocycles. The van der Waals surface area contributed by atoms with Crippen LogP contribution in [0, 0.1) is 5.92 Å². The number of esters is 2. The van der Waals surface area contributed by atoms with E-state index in [1.807, 2.05) is 27.0 Å². The molecule has 43 heavy (non-hydrogen) atoms. The van der Waals surface area contributed by atoms with Crippen LogP contribution in [0.25, 0.3) is 0 Å². The van der Waals surface area contributed by atoms with Crippen LogP contribution < -0.4 is 14.8 Å². The summed E-state index contributed by atoms with van der Waals surface area (Å²) in [6.07, 6.45) is 3.62. The van der Waals surface area contributed by atoms with Gasteiger partial charge in [-0.05, 0) is 83.7 Å². The highest BCUT2D eigenvalue weighted by Crippen LogP contribution is 2.65. The molecule has 2 N–H and O–H groups in total. The Morgan fingerprint density at radius 2 is 1.95 bits per heavy atom. The molecule has 10 nitrogen and oxygen atoms in total. The summed E-state index contributed by atoms with van der Waals surface area (Å²) in [5.41, 5.74) is -0.390. The number of nitrogens with zero attached hydrogens (tertiary/aromatic N) is 1. The van der Waals surface area contributed by atoms with Crippen molar-refractivity contribution in [2.45, 2.75) is 114 Å². The quantitative estimate of drug-likeness (QED) is 0.389. The number of hydrogen-bond donors (Lipinski definition) is 2. The van der Waals surface area contributed by atoms with Gasteiger partial charge in [-0.1, -0.05) is 19.9 Å². The number of nitrogens with one attached hydrogen (secondary N) is 1. The Labute approximate surface area is 254 Å². The van der Waals surface area contributed by atoms with Gasteiger partial charge >= 0.3 is 11.9 Å². The Hall–Kier alpha value is -3.11. The Kier molecular flexibility index (Phi) is 8.33.